The predicted molar refractivity (Wildman–Crippen MR) is 65.1 cm³/mol. The Hall–Kier alpha value is -0.130. The van der Waals surface area contributed by atoms with Gasteiger partial charge in [-0.2, -0.15) is 0 Å². The Morgan fingerprint density at radius 3 is 2.56 bits per heavy atom. The number of hydrogen-bond acceptors (Lipinski definition) is 4. The average molecular weight is 249 g/mol. The first kappa shape index (κ1) is 13.9. The van der Waals surface area contributed by atoms with E-state index in [1.54, 1.807) is 0 Å². The first-order valence-electron chi connectivity index (χ1n) is 6.13. The van der Waals surface area contributed by atoms with Gasteiger partial charge in [0.25, 0.3) is 0 Å². The fourth-order valence-corrected chi connectivity index (χ4v) is 3.25. The second kappa shape index (κ2) is 6.57. The maximum Gasteiger partial charge on any atom is 0.152 e. The molecule has 0 amide bonds. The zero-order valence-electron chi connectivity index (χ0n) is 10.0. The molecule has 0 heterocycles. The molecule has 0 aromatic rings. The van der Waals surface area contributed by atoms with Crippen LogP contribution in [-0.2, 0) is 14.6 Å². The molecule has 1 rings (SSSR count). The maximum absolute atomic E-state index is 11.4. The Bertz CT molecular complexity index is 290. The molecular formula is C11H23NO3S. The van der Waals surface area contributed by atoms with Gasteiger partial charge < -0.3 is 10.5 Å². The highest BCUT2D eigenvalue weighted by Crippen LogP contribution is 2.19. The third-order valence-electron chi connectivity index (χ3n) is 3.00. The molecule has 1 aliphatic carbocycles. The fourth-order valence-electron chi connectivity index (χ4n) is 2.07. The SMILES string of the molecule is CCCS(=O)(=O)CCOC1CCCCC1N. The first-order valence-corrected chi connectivity index (χ1v) is 7.95. The van der Waals surface area contributed by atoms with Gasteiger partial charge in [-0.25, -0.2) is 8.42 Å². The molecule has 5 heteroatoms. The van der Waals surface area contributed by atoms with Crippen LogP contribution in [0.25, 0.3) is 0 Å². The lowest BCUT2D eigenvalue weighted by Gasteiger charge is -2.28. The molecule has 0 aromatic heterocycles. The van der Waals surface area contributed by atoms with Gasteiger partial charge in [0, 0.05) is 11.8 Å². The summed E-state index contributed by atoms with van der Waals surface area (Å²) in [6.45, 7) is 2.16. The standard InChI is InChI=1S/C11H23NO3S/c1-2-8-16(13,14)9-7-15-11-6-4-3-5-10(11)12/h10-11H,2-9,12H2,1H3. The molecule has 16 heavy (non-hydrogen) atoms. The van der Waals surface area contributed by atoms with Gasteiger partial charge in [-0.3, -0.25) is 0 Å². The zero-order chi connectivity index (χ0) is 12.0. The van der Waals surface area contributed by atoms with E-state index in [4.69, 9.17) is 10.5 Å². The normalized spacial score (nSPS) is 26.9. The third-order valence-corrected chi connectivity index (χ3v) is 4.81. The average Bonchev–Trinajstić information content (AvgIpc) is 2.20. The molecule has 1 saturated carbocycles. The molecule has 4 nitrogen and oxygen atoms in total. The Kier molecular flexibility index (Phi) is 5.72. The van der Waals surface area contributed by atoms with E-state index in [1.165, 1.54) is 0 Å². The topological polar surface area (TPSA) is 69.4 Å². The van der Waals surface area contributed by atoms with Gasteiger partial charge in [0.2, 0.25) is 0 Å². The molecule has 0 radical (unpaired) electrons. The molecule has 2 atom stereocenters. The molecule has 1 aliphatic rings. The van der Waals surface area contributed by atoms with Crippen LogP contribution in [0.4, 0.5) is 0 Å². The van der Waals surface area contributed by atoms with E-state index in [0.717, 1.165) is 25.7 Å². The van der Waals surface area contributed by atoms with Gasteiger partial charge in [0.1, 0.15) is 0 Å². The number of sulfone groups is 1. The Morgan fingerprint density at radius 1 is 1.25 bits per heavy atom. The first-order chi connectivity index (χ1) is 7.55. The van der Waals surface area contributed by atoms with Gasteiger partial charge in [-0.1, -0.05) is 19.8 Å². The van der Waals surface area contributed by atoms with Crippen LogP contribution in [0.15, 0.2) is 0 Å². The van der Waals surface area contributed by atoms with Crippen LogP contribution in [0.5, 0.6) is 0 Å². The van der Waals surface area contributed by atoms with Crippen LogP contribution in [0, 0.1) is 0 Å². The van der Waals surface area contributed by atoms with Crippen molar-refractivity contribution >= 4 is 9.84 Å². The van der Waals surface area contributed by atoms with Gasteiger partial charge in [-0.05, 0) is 19.3 Å². The minimum Gasteiger partial charge on any atom is -0.376 e. The molecule has 96 valence electrons. The van der Waals surface area contributed by atoms with Crippen molar-refractivity contribution in [3.05, 3.63) is 0 Å². The molecule has 0 aliphatic heterocycles. The number of nitrogens with two attached hydrogens (primary N) is 1. The van der Waals surface area contributed by atoms with Crippen molar-refractivity contribution in [2.24, 2.45) is 5.73 Å². The summed E-state index contributed by atoms with van der Waals surface area (Å²) in [6, 6.07) is 0.0858. The van der Waals surface area contributed by atoms with Crippen LogP contribution in [0.1, 0.15) is 39.0 Å². The van der Waals surface area contributed by atoms with Crippen LogP contribution >= 0.6 is 0 Å². The molecular weight excluding hydrogens is 226 g/mol. The molecule has 0 saturated heterocycles. The van der Waals surface area contributed by atoms with Crippen LogP contribution < -0.4 is 5.73 Å². The van der Waals surface area contributed by atoms with E-state index >= 15 is 0 Å². The smallest absolute Gasteiger partial charge is 0.152 e. The van der Waals surface area contributed by atoms with Crippen molar-refractivity contribution in [1.29, 1.82) is 0 Å². The van der Waals surface area contributed by atoms with E-state index in [1.807, 2.05) is 6.92 Å². The highest BCUT2D eigenvalue weighted by molar-refractivity contribution is 7.91. The van der Waals surface area contributed by atoms with E-state index in [0.29, 0.717) is 13.0 Å². The second-order valence-corrected chi connectivity index (χ2v) is 6.81. The fraction of sp³-hybridized carbons (Fsp3) is 1.00. The van der Waals surface area contributed by atoms with Crippen LogP contribution in [0.3, 0.4) is 0 Å². The van der Waals surface area contributed by atoms with E-state index in [-0.39, 0.29) is 23.7 Å². The zero-order valence-corrected chi connectivity index (χ0v) is 10.8. The molecule has 0 spiro atoms. The van der Waals surface area contributed by atoms with Crippen molar-refractivity contribution in [2.45, 2.75) is 51.2 Å². The highest BCUT2D eigenvalue weighted by atomic mass is 32.2. The lowest BCUT2D eigenvalue weighted by Crippen LogP contribution is -2.40. The van der Waals surface area contributed by atoms with Crippen molar-refractivity contribution in [3.63, 3.8) is 0 Å². The molecule has 2 N–H and O–H groups in total. The lowest BCUT2D eigenvalue weighted by molar-refractivity contribution is 0.0239. The Morgan fingerprint density at radius 2 is 1.94 bits per heavy atom. The summed E-state index contributed by atoms with van der Waals surface area (Å²) in [6.07, 6.45) is 4.99. The Balaban J connectivity index is 2.24. The highest BCUT2D eigenvalue weighted by Gasteiger charge is 2.22. The summed E-state index contributed by atoms with van der Waals surface area (Å²) >= 11 is 0. The van der Waals surface area contributed by atoms with E-state index in [9.17, 15) is 8.42 Å². The number of rotatable bonds is 6. The molecule has 0 bridgehead atoms. The van der Waals surface area contributed by atoms with Gasteiger partial charge in [0.05, 0.1) is 18.5 Å². The maximum atomic E-state index is 11.4. The molecule has 1 fully saturated rings. The van der Waals surface area contributed by atoms with E-state index < -0.39 is 9.84 Å². The molecule has 2 unspecified atom stereocenters. The Labute approximate surface area is 98.5 Å². The van der Waals surface area contributed by atoms with Crippen molar-refractivity contribution in [2.75, 3.05) is 18.1 Å². The van der Waals surface area contributed by atoms with Gasteiger partial charge in [0.15, 0.2) is 9.84 Å². The summed E-state index contributed by atoms with van der Waals surface area (Å²) in [5.74, 6) is 0.386. The summed E-state index contributed by atoms with van der Waals surface area (Å²) in [7, 11) is -2.92. The lowest BCUT2D eigenvalue weighted by atomic mass is 9.93. The summed E-state index contributed by atoms with van der Waals surface area (Å²) < 4.78 is 28.5. The number of ether oxygens (including phenoxy) is 1. The second-order valence-electron chi connectivity index (χ2n) is 4.51. The minimum absolute atomic E-state index is 0.0607. The molecule has 0 aromatic carbocycles. The van der Waals surface area contributed by atoms with Crippen molar-refractivity contribution in [3.8, 4) is 0 Å². The number of hydrogen-bond donors (Lipinski definition) is 1. The van der Waals surface area contributed by atoms with Gasteiger partial charge >= 0.3 is 0 Å². The van der Waals surface area contributed by atoms with Crippen LogP contribution in [0.2, 0.25) is 0 Å². The monoisotopic (exact) mass is 249 g/mol. The minimum atomic E-state index is -2.92. The van der Waals surface area contributed by atoms with Gasteiger partial charge in [-0.15, -0.1) is 0 Å². The third kappa shape index (κ3) is 4.80. The predicted octanol–water partition coefficient (Wildman–Crippen LogP) is 1.10. The summed E-state index contributed by atoms with van der Waals surface area (Å²) in [5, 5.41) is 0. The van der Waals surface area contributed by atoms with E-state index in [2.05, 4.69) is 0 Å². The summed E-state index contributed by atoms with van der Waals surface area (Å²) in [4.78, 5) is 0. The van der Waals surface area contributed by atoms with Crippen molar-refractivity contribution in [1.82, 2.24) is 0 Å². The van der Waals surface area contributed by atoms with Crippen LogP contribution in [-0.4, -0.2) is 38.7 Å². The quantitative estimate of drug-likeness (QED) is 0.765. The largest absolute Gasteiger partial charge is 0.376 e. The summed E-state index contributed by atoms with van der Waals surface area (Å²) in [5.41, 5.74) is 5.91. The van der Waals surface area contributed by atoms with Crippen molar-refractivity contribution < 1.29 is 13.2 Å².